The zero-order valence-electron chi connectivity index (χ0n) is 14.7. The molecule has 0 heterocycles. The molecule has 1 aromatic carbocycles. The topological polar surface area (TPSA) is 37.3 Å². The summed E-state index contributed by atoms with van der Waals surface area (Å²) < 4.78 is 12.0. The van der Waals surface area contributed by atoms with Crippen molar-refractivity contribution in [1.29, 1.82) is 0 Å². The van der Waals surface area contributed by atoms with Gasteiger partial charge in [0.1, 0.15) is 0 Å². The number of hydrogen-bond donors (Lipinski definition) is 1. The highest BCUT2D eigenvalue weighted by atomic mass is 32.2. The monoisotopic (exact) mass is 338 g/mol. The lowest BCUT2D eigenvalue weighted by atomic mass is 10.1. The minimum Gasteiger partial charge on any atom is -0.387 e. The number of unbranched alkanes of at least 4 members (excludes halogenated alkanes) is 9. The SMILES string of the molecule is CCCCCCCCCCCC[S@@](=O)C[C@@H](O)c1ccccc1. The van der Waals surface area contributed by atoms with E-state index in [4.69, 9.17) is 0 Å². The first kappa shape index (κ1) is 20.4. The van der Waals surface area contributed by atoms with Crippen LogP contribution in [0.1, 0.15) is 82.8 Å². The molecular weight excluding hydrogens is 304 g/mol. The average molecular weight is 339 g/mol. The summed E-state index contributed by atoms with van der Waals surface area (Å²) in [6.07, 6.45) is 12.3. The summed E-state index contributed by atoms with van der Waals surface area (Å²) >= 11 is 0. The van der Waals surface area contributed by atoms with Gasteiger partial charge in [-0.05, 0) is 12.0 Å². The summed E-state index contributed by atoms with van der Waals surface area (Å²) in [5.74, 6) is 1.09. The van der Waals surface area contributed by atoms with Gasteiger partial charge in [0, 0.05) is 16.6 Å². The van der Waals surface area contributed by atoms with Gasteiger partial charge in [0.25, 0.3) is 0 Å². The van der Waals surface area contributed by atoms with Crippen LogP contribution in [0.25, 0.3) is 0 Å². The van der Waals surface area contributed by atoms with Crippen molar-refractivity contribution >= 4 is 10.8 Å². The Balaban J connectivity index is 1.96. The molecule has 0 amide bonds. The number of rotatable bonds is 14. The van der Waals surface area contributed by atoms with Gasteiger partial charge < -0.3 is 5.11 Å². The Bertz CT molecular complexity index is 405. The van der Waals surface area contributed by atoms with E-state index in [1.165, 1.54) is 57.8 Å². The molecule has 0 saturated carbocycles. The molecule has 0 spiro atoms. The van der Waals surface area contributed by atoms with Gasteiger partial charge in [-0.15, -0.1) is 0 Å². The molecule has 132 valence electrons. The minimum absolute atomic E-state index is 0.363. The van der Waals surface area contributed by atoms with Gasteiger partial charge in [0.15, 0.2) is 0 Å². The van der Waals surface area contributed by atoms with Crippen LogP contribution in [-0.4, -0.2) is 20.8 Å². The summed E-state index contributed by atoms with van der Waals surface area (Å²) in [5.41, 5.74) is 0.865. The van der Waals surface area contributed by atoms with Crippen molar-refractivity contribution in [2.75, 3.05) is 11.5 Å². The Kier molecular flexibility index (Phi) is 12.2. The fourth-order valence-corrected chi connectivity index (χ4v) is 4.02. The molecule has 0 aliphatic carbocycles. The number of hydrogen-bond acceptors (Lipinski definition) is 2. The molecule has 0 aliphatic heterocycles. The van der Waals surface area contributed by atoms with E-state index in [1.807, 2.05) is 30.3 Å². The summed E-state index contributed by atoms with van der Waals surface area (Å²) in [6, 6.07) is 9.52. The Hall–Kier alpha value is -0.670. The Labute approximate surface area is 145 Å². The Morgan fingerprint density at radius 3 is 1.96 bits per heavy atom. The van der Waals surface area contributed by atoms with Crippen LogP contribution in [0.2, 0.25) is 0 Å². The highest BCUT2D eigenvalue weighted by molar-refractivity contribution is 7.85. The molecule has 23 heavy (non-hydrogen) atoms. The van der Waals surface area contributed by atoms with Crippen LogP contribution in [0, 0.1) is 0 Å². The standard InChI is InChI=1S/C20H34O2S/c1-2-3-4-5-6-7-8-9-10-14-17-23(22)18-20(21)19-15-12-11-13-16-19/h11-13,15-16,20-21H,2-10,14,17-18H2,1H3/t20-,23-/m1/s1. The van der Waals surface area contributed by atoms with Gasteiger partial charge in [-0.3, -0.25) is 4.21 Å². The van der Waals surface area contributed by atoms with E-state index in [1.54, 1.807) is 0 Å². The zero-order valence-corrected chi connectivity index (χ0v) is 15.5. The quantitative estimate of drug-likeness (QED) is 0.462. The van der Waals surface area contributed by atoms with Crippen molar-refractivity contribution in [2.45, 2.75) is 77.2 Å². The molecular formula is C20H34O2S. The molecule has 2 atom stereocenters. The molecule has 1 rings (SSSR count). The van der Waals surface area contributed by atoms with Crippen LogP contribution in [0.5, 0.6) is 0 Å². The van der Waals surface area contributed by atoms with Crippen LogP contribution in [-0.2, 0) is 10.8 Å². The number of benzene rings is 1. The highest BCUT2D eigenvalue weighted by Gasteiger charge is 2.11. The van der Waals surface area contributed by atoms with Crippen LogP contribution in [0.3, 0.4) is 0 Å². The van der Waals surface area contributed by atoms with E-state index in [-0.39, 0.29) is 0 Å². The normalized spacial score (nSPS) is 13.8. The van der Waals surface area contributed by atoms with E-state index in [0.29, 0.717) is 5.75 Å². The van der Waals surface area contributed by atoms with Gasteiger partial charge in [0.2, 0.25) is 0 Å². The molecule has 0 radical (unpaired) electrons. The highest BCUT2D eigenvalue weighted by Crippen LogP contribution is 2.14. The maximum atomic E-state index is 12.0. The predicted molar refractivity (Wildman–Crippen MR) is 101 cm³/mol. The lowest BCUT2D eigenvalue weighted by Crippen LogP contribution is -2.11. The molecule has 1 N–H and O–H groups in total. The third-order valence-corrected chi connectivity index (χ3v) is 5.69. The molecule has 0 bridgehead atoms. The lowest BCUT2D eigenvalue weighted by molar-refractivity contribution is 0.203. The Morgan fingerprint density at radius 1 is 0.870 bits per heavy atom. The van der Waals surface area contributed by atoms with Crippen LogP contribution >= 0.6 is 0 Å². The second kappa shape index (κ2) is 13.7. The first-order chi connectivity index (χ1) is 11.2. The third kappa shape index (κ3) is 10.7. The second-order valence-electron chi connectivity index (χ2n) is 6.42. The summed E-state index contributed by atoms with van der Waals surface area (Å²) in [4.78, 5) is 0. The van der Waals surface area contributed by atoms with Crippen molar-refractivity contribution < 1.29 is 9.32 Å². The fourth-order valence-electron chi connectivity index (χ4n) is 2.78. The molecule has 3 heteroatoms. The first-order valence-electron chi connectivity index (χ1n) is 9.32. The van der Waals surface area contributed by atoms with Crippen molar-refractivity contribution in [3.8, 4) is 0 Å². The van der Waals surface area contributed by atoms with Gasteiger partial charge in [-0.25, -0.2) is 0 Å². The van der Waals surface area contributed by atoms with E-state index < -0.39 is 16.9 Å². The number of aliphatic hydroxyl groups excluding tert-OH is 1. The summed E-state index contributed by atoms with van der Waals surface area (Å²) in [5, 5.41) is 10.1. The third-order valence-electron chi connectivity index (χ3n) is 4.25. The molecule has 2 nitrogen and oxygen atoms in total. The molecule has 1 aromatic rings. The lowest BCUT2D eigenvalue weighted by Gasteiger charge is -2.10. The van der Waals surface area contributed by atoms with Crippen molar-refractivity contribution in [1.82, 2.24) is 0 Å². The molecule has 0 aromatic heterocycles. The van der Waals surface area contributed by atoms with Crippen molar-refractivity contribution in [3.63, 3.8) is 0 Å². The Morgan fingerprint density at radius 2 is 1.39 bits per heavy atom. The maximum Gasteiger partial charge on any atom is 0.0905 e. The van der Waals surface area contributed by atoms with Gasteiger partial charge >= 0.3 is 0 Å². The maximum absolute atomic E-state index is 12.0. The second-order valence-corrected chi connectivity index (χ2v) is 8.04. The van der Waals surface area contributed by atoms with Crippen LogP contribution in [0.15, 0.2) is 30.3 Å². The van der Waals surface area contributed by atoms with E-state index >= 15 is 0 Å². The zero-order chi connectivity index (χ0) is 16.8. The predicted octanol–water partition coefficient (Wildman–Crippen LogP) is 5.39. The van der Waals surface area contributed by atoms with E-state index in [0.717, 1.165) is 17.7 Å². The minimum atomic E-state index is -0.913. The van der Waals surface area contributed by atoms with E-state index in [2.05, 4.69) is 6.92 Å². The molecule has 0 unspecified atom stereocenters. The summed E-state index contributed by atoms with van der Waals surface area (Å²) in [6.45, 7) is 2.25. The van der Waals surface area contributed by atoms with Crippen LogP contribution < -0.4 is 0 Å². The molecule has 0 saturated heterocycles. The average Bonchev–Trinajstić information content (AvgIpc) is 2.57. The van der Waals surface area contributed by atoms with Gasteiger partial charge in [0.05, 0.1) is 11.9 Å². The fraction of sp³-hybridized carbons (Fsp3) is 0.700. The largest absolute Gasteiger partial charge is 0.387 e. The van der Waals surface area contributed by atoms with Crippen molar-refractivity contribution in [3.05, 3.63) is 35.9 Å². The van der Waals surface area contributed by atoms with E-state index in [9.17, 15) is 9.32 Å². The summed E-state index contributed by atoms with van der Waals surface area (Å²) in [7, 11) is -0.913. The number of aliphatic hydroxyl groups is 1. The first-order valence-corrected chi connectivity index (χ1v) is 10.8. The van der Waals surface area contributed by atoms with Gasteiger partial charge in [-0.1, -0.05) is 95.0 Å². The van der Waals surface area contributed by atoms with Crippen LogP contribution in [0.4, 0.5) is 0 Å². The van der Waals surface area contributed by atoms with Gasteiger partial charge in [-0.2, -0.15) is 0 Å². The molecule has 0 fully saturated rings. The smallest absolute Gasteiger partial charge is 0.0905 e. The van der Waals surface area contributed by atoms with Crippen molar-refractivity contribution in [2.24, 2.45) is 0 Å². The molecule has 0 aliphatic rings.